The summed E-state index contributed by atoms with van der Waals surface area (Å²) in [6.45, 7) is 11.9. The van der Waals surface area contributed by atoms with Crippen molar-refractivity contribution >= 4 is 0 Å². The first-order chi connectivity index (χ1) is 4.55. The predicted octanol–water partition coefficient (Wildman–Crippen LogP) is 3.18. The highest BCUT2D eigenvalue weighted by molar-refractivity contribution is 4.91. The minimum Gasteiger partial charge on any atom is -0.0625 e. The monoisotopic (exact) mass is 140 g/mol. The highest BCUT2D eigenvalue weighted by atomic mass is 14.5. The summed E-state index contributed by atoms with van der Waals surface area (Å²) in [6.07, 6.45) is 0. The van der Waals surface area contributed by atoms with E-state index in [1.807, 2.05) is 0 Å². The van der Waals surface area contributed by atoms with Gasteiger partial charge in [-0.05, 0) is 29.6 Å². The van der Waals surface area contributed by atoms with E-state index < -0.39 is 0 Å². The Kier molecular flexibility index (Phi) is 2.07. The summed E-state index contributed by atoms with van der Waals surface area (Å²) in [5.74, 6) is 4.79. The van der Waals surface area contributed by atoms with Crippen molar-refractivity contribution in [1.29, 1.82) is 0 Å². The first kappa shape index (κ1) is 8.10. The maximum Gasteiger partial charge on any atom is -0.0334 e. The quantitative estimate of drug-likeness (QED) is 0.525. The zero-order valence-corrected chi connectivity index (χ0v) is 7.89. The Morgan fingerprint density at radius 2 is 1.20 bits per heavy atom. The fraction of sp³-hybridized carbons (Fsp3) is 1.00. The molecule has 10 heavy (non-hydrogen) atoms. The molecule has 0 aromatic rings. The highest BCUT2D eigenvalue weighted by Gasteiger charge is 2.42. The van der Waals surface area contributed by atoms with E-state index in [4.69, 9.17) is 0 Å². The standard InChI is InChI=1S/C10H20/c1-6(2)10-8(4)7(3)9(10)5/h6-10H,1-5H3. The van der Waals surface area contributed by atoms with Gasteiger partial charge in [-0.3, -0.25) is 0 Å². The van der Waals surface area contributed by atoms with Crippen LogP contribution in [0.15, 0.2) is 0 Å². The molecule has 1 aliphatic rings. The van der Waals surface area contributed by atoms with Gasteiger partial charge in [-0.15, -0.1) is 0 Å². The maximum atomic E-state index is 2.40. The molecule has 0 aromatic carbocycles. The third-order valence-corrected chi connectivity index (χ3v) is 3.64. The fourth-order valence-corrected chi connectivity index (χ4v) is 2.73. The molecule has 0 bridgehead atoms. The lowest BCUT2D eigenvalue weighted by atomic mass is 9.55. The Hall–Kier alpha value is 0. The summed E-state index contributed by atoms with van der Waals surface area (Å²) < 4.78 is 0. The lowest BCUT2D eigenvalue weighted by Gasteiger charge is -2.50. The second-order valence-corrected chi connectivity index (χ2v) is 4.40. The molecular weight excluding hydrogens is 120 g/mol. The highest BCUT2D eigenvalue weighted by Crippen LogP contribution is 2.48. The van der Waals surface area contributed by atoms with Gasteiger partial charge in [0, 0.05) is 0 Å². The van der Waals surface area contributed by atoms with Gasteiger partial charge in [0.2, 0.25) is 0 Å². The molecule has 0 aliphatic heterocycles. The predicted molar refractivity (Wildman–Crippen MR) is 45.8 cm³/mol. The van der Waals surface area contributed by atoms with Gasteiger partial charge >= 0.3 is 0 Å². The van der Waals surface area contributed by atoms with Gasteiger partial charge in [0.05, 0.1) is 0 Å². The molecule has 1 aliphatic carbocycles. The number of hydrogen-bond acceptors (Lipinski definition) is 0. The van der Waals surface area contributed by atoms with Crippen LogP contribution in [0, 0.1) is 29.6 Å². The minimum absolute atomic E-state index is 0.890. The van der Waals surface area contributed by atoms with Gasteiger partial charge in [-0.1, -0.05) is 34.6 Å². The Bertz CT molecular complexity index is 105. The Morgan fingerprint density at radius 1 is 0.800 bits per heavy atom. The summed E-state index contributed by atoms with van der Waals surface area (Å²) in [7, 11) is 0. The van der Waals surface area contributed by atoms with Crippen LogP contribution in [0.4, 0.5) is 0 Å². The molecule has 60 valence electrons. The van der Waals surface area contributed by atoms with E-state index >= 15 is 0 Å². The molecule has 0 aromatic heterocycles. The topological polar surface area (TPSA) is 0 Å². The van der Waals surface area contributed by atoms with Crippen LogP contribution in [-0.4, -0.2) is 0 Å². The van der Waals surface area contributed by atoms with Crippen molar-refractivity contribution in [2.24, 2.45) is 29.6 Å². The van der Waals surface area contributed by atoms with Crippen LogP contribution in [-0.2, 0) is 0 Å². The molecule has 0 amide bonds. The normalized spacial score (nSPS) is 47.4. The molecule has 1 fully saturated rings. The summed E-state index contributed by atoms with van der Waals surface area (Å²) >= 11 is 0. The van der Waals surface area contributed by atoms with Crippen molar-refractivity contribution in [3.63, 3.8) is 0 Å². The molecule has 0 heteroatoms. The Labute approximate surface area is 65.0 Å². The molecule has 0 N–H and O–H groups in total. The minimum atomic E-state index is 0.890. The molecule has 0 nitrogen and oxygen atoms in total. The zero-order chi connectivity index (χ0) is 7.89. The first-order valence-electron chi connectivity index (χ1n) is 4.55. The molecule has 2 unspecified atom stereocenters. The van der Waals surface area contributed by atoms with Crippen molar-refractivity contribution in [3.8, 4) is 0 Å². The second-order valence-electron chi connectivity index (χ2n) is 4.40. The van der Waals surface area contributed by atoms with Crippen LogP contribution in [0.1, 0.15) is 34.6 Å². The molecule has 0 saturated heterocycles. The first-order valence-corrected chi connectivity index (χ1v) is 4.55. The van der Waals surface area contributed by atoms with E-state index in [2.05, 4.69) is 34.6 Å². The van der Waals surface area contributed by atoms with Crippen LogP contribution in [0.2, 0.25) is 0 Å². The zero-order valence-electron chi connectivity index (χ0n) is 7.89. The van der Waals surface area contributed by atoms with E-state index in [1.165, 1.54) is 0 Å². The van der Waals surface area contributed by atoms with Gasteiger partial charge in [0.25, 0.3) is 0 Å². The summed E-state index contributed by atoms with van der Waals surface area (Å²) in [6, 6.07) is 0. The summed E-state index contributed by atoms with van der Waals surface area (Å²) in [5, 5.41) is 0. The Balaban J connectivity index is 2.49. The van der Waals surface area contributed by atoms with Gasteiger partial charge in [-0.2, -0.15) is 0 Å². The van der Waals surface area contributed by atoms with Gasteiger partial charge in [-0.25, -0.2) is 0 Å². The number of hydrogen-bond donors (Lipinski definition) is 0. The summed E-state index contributed by atoms with van der Waals surface area (Å²) in [4.78, 5) is 0. The third kappa shape index (κ3) is 0.980. The average molecular weight is 140 g/mol. The largest absolute Gasteiger partial charge is 0.0625 e. The lowest BCUT2D eigenvalue weighted by Crippen LogP contribution is -2.44. The van der Waals surface area contributed by atoms with Crippen LogP contribution in [0.5, 0.6) is 0 Å². The maximum absolute atomic E-state index is 2.40. The van der Waals surface area contributed by atoms with E-state index in [-0.39, 0.29) is 0 Å². The van der Waals surface area contributed by atoms with Gasteiger partial charge in [0.15, 0.2) is 0 Å². The lowest BCUT2D eigenvalue weighted by molar-refractivity contribution is -0.0172. The Morgan fingerprint density at radius 3 is 1.40 bits per heavy atom. The van der Waals surface area contributed by atoms with Crippen LogP contribution < -0.4 is 0 Å². The molecule has 2 atom stereocenters. The van der Waals surface area contributed by atoms with Crippen LogP contribution in [0.25, 0.3) is 0 Å². The van der Waals surface area contributed by atoms with Crippen LogP contribution in [0.3, 0.4) is 0 Å². The van der Waals surface area contributed by atoms with Gasteiger partial charge < -0.3 is 0 Å². The second kappa shape index (κ2) is 2.56. The van der Waals surface area contributed by atoms with Crippen molar-refractivity contribution < 1.29 is 0 Å². The summed E-state index contributed by atoms with van der Waals surface area (Å²) in [5.41, 5.74) is 0. The molecule has 1 saturated carbocycles. The van der Waals surface area contributed by atoms with E-state index in [9.17, 15) is 0 Å². The van der Waals surface area contributed by atoms with Crippen LogP contribution >= 0.6 is 0 Å². The van der Waals surface area contributed by atoms with Gasteiger partial charge in [0.1, 0.15) is 0 Å². The fourth-order valence-electron chi connectivity index (χ4n) is 2.73. The van der Waals surface area contributed by atoms with Crippen molar-refractivity contribution in [2.45, 2.75) is 34.6 Å². The molecule has 0 heterocycles. The number of rotatable bonds is 1. The third-order valence-electron chi connectivity index (χ3n) is 3.64. The van der Waals surface area contributed by atoms with E-state index in [1.54, 1.807) is 0 Å². The molecule has 0 spiro atoms. The molecular formula is C10H20. The smallest absolute Gasteiger partial charge is 0.0334 e. The average Bonchev–Trinajstić information content (AvgIpc) is 1.87. The van der Waals surface area contributed by atoms with Crippen molar-refractivity contribution in [1.82, 2.24) is 0 Å². The van der Waals surface area contributed by atoms with Crippen molar-refractivity contribution in [2.75, 3.05) is 0 Å². The molecule has 1 rings (SSSR count). The molecule has 0 radical (unpaired) electrons. The van der Waals surface area contributed by atoms with E-state index in [0.717, 1.165) is 29.6 Å². The van der Waals surface area contributed by atoms with E-state index in [0.29, 0.717) is 0 Å². The van der Waals surface area contributed by atoms with Crippen molar-refractivity contribution in [3.05, 3.63) is 0 Å². The SMILES string of the molecule is CC(C)C1C(C)C(C)C1C.